The van der Waals surface area contributed by atoms with Crippen LogP contribution in [0.25, 0.3) is 11.0 Å². The number of nitrogens with one attached hydrogen (secondary N) is 2. The van der Waals surface area contributed by atoms with E-state index in [1.54, 1.807) is 57.2 Å². The molecule has 0 aliphatic rings. The number of para-hydroxylation sites is 1. The van der Waals surface area contributed by atoms with Gasteiger partial charge in [-0.15, -0.1) is 5.10 Å². The van der Waals surface area contributed by atoms with Gasteiger partial charge in [-0.25, -0.2) is 17.9 Å². The van der Waals surface area contributed by atoms with Crippen LogP contribution in [0.5, 0.6) is 0 Å². The van der Waals surface area contributed by atoms with Gasteiger partial charge in [0.05, 0.1) is 10.4 Å². The van der Waals surface area contributed by atoms with Crippen LogP contribution in [0, 0.1) is 6.92 Å². The number of aliphatic imine (C=N–C) groups is 1. The second kappa shape index (κ2) is 11.4. The zero-order valence-electron chi connectivity index (χ0n) is 21.1. The third kappa shape index (κ3) is 7.74. The number of alkyl carbamates (subject to hydrolysis) is 1. The third-order valence-corrected chi connectivity index (χ3v) is 6.42. The van der Waals surface area contributed by atoms with Crippen LogP contribution in [-0.2, 0) is 14.8 Å². The van der Waals surface area contributed by atoms with Gasteiger partial charge in [-0.3, -0.25) is 9.79 Å². The summed E-state index contributed by atoms with van der Waals surface area (Å²) in [6.45, 7) is 7.08. The van der Waals surface area contributed by atoms with E-state index in [1.165, 1.54) is 12.1 Å². The first-order valence-corrected chi connectivity index (χ1v) is 13.1. The SMILES string of the molecule is Cc1ccc(S(=O)(=O)NC(N)=NCCC[C@H](NC(=O)OC(C)(C)C)C(=O)n2nnc3ccccc32)cc1. The van der Waals surface area contributed by atoms with Gasteiger partial charge >= 0.3 is 6.09 Å². The molecule has 2 aromatic carbocycles. The number of hydrogen-bond acceptors (Lipinski definition) is 8. The van der Waals surface area contributed by atoms with Gasteiger partial charge in [-0.2, -0.15) is 4.68 Å². The Labute approximate surface area is 215 Å². The van der Waals surface area contributed by atoms with Crippen LogP contribution >= 0.6 is 0 Å². The summed E-state index contributed by atoms with van der Waals surface area (Å²) in [5.74, 6) is -0.789. The summed E-state index contributed by atoms with van der Waals surface area (Å²) in [6.07, 6.45) is -0.302. The van der Waals surface area contributed by atoms with Gasteiger partial charge in [0, 0.05) is 6.54 Å². The van der Waals surface area contributed by atoms with Crippen molar-refractivity contribution < 1.29 is 22.7 Å². The van der Waals surface area contributed by atoms with Crippen molar-refractivity contribution in [3.05, 3.63) is 54.1 Å². The lowest BCUT2D eigenvalue weighted by atomic mass is 10.1. The van der Waals surface area contributed by atoms with E-state index in [0.29, 0.717) is 17.5 Å². The number of aromatic nitrogens is 3. The van der Waals surface area contributed by atoms with Crippen molar-refractivity contribution in [1.82, 2.24) is 25.0 Å². The first-order valence-electron chi connectivity index (χ1n) is 11.6. The minimum Gasteiger partial charge on any atom is -0.444 e. The average Bonchev–Trinajstić information content (AvgIpc) is 3.23. The fourth-order valence-electron chi connectivity index (χ4n) is 3.33. The van der Waals surface area contributed by atoms with Crippen LogP contribution in [0.4, 0.5) is 4.79 Å². The standard InChI is InChI=1S/C24H31N7O5S/c1-16-11-13-17(14-12-16)37(34,35)29-22(25)26-15-7-9-19(27-23(33)36-24(2,3)4)21(32)31-20-10-6-5-8-18(20)28-30-31/h5-6,8,10-14,19H,7,9,15H2,1-4H3,(H,27,33)(H3,25,26,29)/t19-/m0/s1. The first kappa shape index (κ1) is 27.6. The van der Waals surface area contributed by atoms with E-state index in [-0.39, 0.29) is 23.8 Å². The van der Waals surface area contributed by atoms with Crippen molar-refractivity contribution in [2.75, 3.05) is 6.54 Å². The fourth-order valence-corrected chi connectivity index (χ4v) is 4.28. The lowest BCUT2D eigenvalue weighted by Gasteiger charge is -2.23. The van der Waals surface area contributed by atoms with Crippen molar-refractivity contribution in [3.8, 4) is 0 Å². The molecule has 0 spiro atoms. The van der Waals surface area contributed by atoms with Gasteiger partial charge in [0.25, 0.3) is 15.9 Å². The molecule has 1 aromatic heterocycles. The molecule has 1 atom stereocenters. The second-order valence-corrected chi connectivity index (χ2v) is 11.0. The molecule has 0 bridgehead atoms. The van der Waals surface area contributed by atoms with Gasteiger partial charge in [-0.1, -0.05) is 35.0 Å². The highest BCUT2D eigenvalue weighted by Gasteiger charge is 2.27. The van der Waals surface area contributed by atoms with Crippen molar-refractivity contribution in [3.63, 3.8) is 0 Å². The van der Waals surface area contributed by atoms with E-state index >= 15 is 0 Å². The molecule has 0 radical (unpaired) electrons. The maximum Gasteiger partial charge on any atom is 0.408 e. The lowest BCUT2D eigenvalue weighted by molar-refractivity contribution is 0.0477. The van der Waals surface area contributed by atoms with E-state index in [0.717, 1.165) is 10.2 Å². The Hall–Kier alpha value is -4.00. The number of guanidine groups is 1. The molecule has 0 unspecified atom stereocenters. The van der Waals surface area contributed by atoms with Crippen LogP contribution < -0.4 is 15.8 Å². The number of carbonyl (C=O) groups is 2. The summed E-state index contributed by atoms with van der Waals surface area (Å²) in [4.78, 5) is 29.8. The number of nitrogens with zero attached hydrogens (tertiary/aromatic N) is 4. The molecule has 0 fully saturated rings. The lowest BCUT2D eigenvalue weighted by Crippen LogP contribution is -2.45. The quantitative estimate of drug-likeness (QED) is 0.227. The molecule has 4 N–H and O–H groups in total. The van der Waals surface area contributed by atoms with Crippen molar-refractivity contribution in [2.24, 2.45) is 10.7 Å². The van der Waals surface area contributed by atoms with Gasteiger partial charge in [0.15, 0.2) is 0 Å². The monoisotopic (exact) mass is 529 g/mol. The van der Waals surface area contributed by atoms with Crippen molar-refractivity contribution in [2.45, 2.75) is 57.1 Å². The van der Waals surface area contributed by atoms with Gasteiger partial charge in [0.1, 0.15) is 17.2 Å². The average molecular weight is 530 g/mol. The topological polar surface area (TPSA) is 171 Å². The summed E-state index contributed by atoms with van der Waals surface area (Å²) in [6, 6.07) is 12.2. The second-order valence-electron chi connectivity index (χ2n) is 9.35. The minimum atomic E-state index is -3.88. The molecule has 0 saturated carbocycles. The van der Waals surface area contributed by atoms with Gasteiger partial charge in [-0.05, 0) is 64.8 Å². The van der Waals surface area contributed by atoms with E-state index < -0.39 is 33.7 Å². The zero-order chi connectivity index (χ0) is 27.2. The predicted molar refractivity (Wildman–Crippen MR) is 139 cm³/mol. The van der Waals surface area contributed by atoms with Gasteiger partial charge in [0.2, 0.25) is 5.96 Å². The predicted octanol–water partition coefficient (Wildman–Crippen LogP) is 2.35. The molecule has 13 heteroatoms. The Morgan fingerprint density at radius 2 is 1.81 bits per heavy atom. The number of amides is 1. The van der Waals surface area contributed by atoms with E-state index in [2.05, 4.69) is 25.3 Å². The molecular formula is C24H31N7O5S. The summed E-state index contributed by atoms with van der Waals surface area (Å²) < 4.78 is 33.6. The number of rotatable bonds is 8. The summed E-state index contributed by atoms with van der Waals surface area (Å²) in [5, 5.41) is 10.5. The number of fused-ring (bicyclic) bond motifs is 1. The number of benzene rings is 2. The number of ether oxygens (including phenoxy) is 1. The Morgan fingerprint density at radius 3 is 2.49 bits per heavy atom. The molecule has 1 amide bonds. The molecule has 3 aromatic rings. The summed E-state index contributed by atoms with van der Waals surface area (Å²) in [5.41, 5.74) is 6.96. The summed E-state index contributed by atoms with van der Waals surface area (Å²) in [7, 11) is -3.88. The Bertz CT molecular complexity index is 1390. The Kier molecular flexibility index (Phi) is 8.48. The van der Waals surface area contributed by atoms with Crippen LogP contribution in [0.3, 0.4) is 0 Å². The first-order chi connectivity index (χ1) is 17.4. The molecule has 0 aliphatic carbocycles. The highest BCUT2D eigenvalue weighted by molar-refractivity contribution is 7.90. The number of hydrogen-bond donors (Lipinski definition) is 3. The van der Waals surface area contributed by atoms with Gasteiger partial charge < -0.3 is 15.8 Å². The molecule has 12 nitrogen and oxygen atoms in total. The minimum absolute atomic E-state index is 0.0588. The van der Waals surface area contributed by atoms with Crippen LogP contribution in [-0.4, -0.2) is 59.6 Å². The summed E-state index contributed by atoms with van der Waals surface area (Å²) >= 11 is 0. The fraction of sp³-hybridized carbons (Fsp3) is 0.375. The third-order valence-electron chi connectivity index (χ3n) is 5.05. The molecule has 198 valence electrons. The van der Waals surface area contributed by atoms with E-state index in [4.69, 9.17) is 10.5 Å². The molecule has 0 aliphatic heterocycles. The maximum absolute atomic E-state index is 13.3. The number of carbonyl (C=O) groups excluding carboxylic acids is 2. The van der Waals surface area contributed by atoms with E-state index in [1.807, 2.05) is 6.92 Å². The normalized spacial score (nSPS) is 13.2. The molecule has 1 heterocycles. The Balaban J connectivity index is 1.67. The number of nitrogens with two attached hydrogens (primary N) is 1. The number of aryl methyl sites for hydroxylation is 1. The Morgan fingerprint density at radius 1 is 1.14 bits per heavy atom. The molecule has 0 saturated heterocycles. The number of sulfonamides is 1. The van der Waals surface area contributed by atoms with Crippen molar-refractivity contribution in [1.29, 1.82) is 0 Å². The molecular weight excluding hydrogens is 498 g/mol. The van der Waals surface area contributed by atoms with Crippen LogP contribution in [0.15, 0.2) is 58.4 Å². The zero-order valence-corrected chi connectivity index (χ0v) is 21.9. The van der Waals surface area contributed by atoms with E-state index in [9.17, 15) is 18.0 Å². The molecule has 3 rings (SSSR count). The van der Waals surface area contributed by atoms with Crippen LogP contribution in [0.1, 0.15) is 44.0 Å². The maximum atomic E-state index is 13.3. The molecule has 37 heavy (non-hydrogen) atoms. The highest BCUT2D eigenvalue weighted by atomic mass is 32.2. The van der Waals surface area contributed by atoms with Crippen molar-refractivity contribution >= 4 is 39.0 Å². The van der Waals surface area contributed by atoms with Crippen LogP contribution in [0.2, 0.25) is 0 Å². The smallest absolute Gasteiger partial charge is 0.408 e. The largest absolute Gasteiger partial charge is 0.444 e. The highest BCUT2D eigenvalue weighted by Crippen LogP contribution is 2.13.